The van der Waals surface area contributed by atoms with Crippen LogP contribution in [0.25, 0.3) is 0 Å². The van der Waals surface area contributed by atoms with E-state index in [0.29, 0.717) is 11.4 Å². The Bertz CT molecular complexity index is 473. The van der Waals surface area contributed by atoms with Gasteiger partial charge in [0, 0.05) is 13.1 Å². The van der Waals surface area contributed by atoms with Gasteiger partial charge in [-0.15, -0.1) is 0 Å². The van der Waals surface area contributed by atoms with Crippen molar-refractivity contribution in [3.63, 3.8) is 0 Å². The Balaban J connectivity index is 2.35. The van der Waals surface area contributed by atoms with Crippen molar-refractivity contribution in [3.8, 4) is 11.5 Å². The van der Waals surface area contributed by atoms with Gasteiger partial charge in [-0.2, -0.15) is 0 Å². The molecule has 0 fully saturated rings. The average molecular weight is 236 g/mol. The molecule has 0 radical (unpaired) electrons. The van der Waals surface area contributed by atoms with Crippen molar-refractivity contribution in [1.82, 2.24) is 5.32 Å². The summed E-state index contributed by atoms with van der Waals surface area (Å²) in [6, 6.07) is 4.43. The van der Waals surface area contributed by atoms with Gasteiger partial charge in [0.05, 0.1) is 5.69 Å². The van der Waals surface area contributed by atoms with Crippen molar-refractivity contribution in [2.75, 3.05) is 25.1 Å². The molecule has 2 amide bonds. The second kappa shape index (κ2) is 4.32. The van der Waals surface area contributed by atoms with Crippen LogP contribution in [0.1, 0.15) is 0 Å². The van der Waals surface area contributed by atoms with Gasteiger partial charge in [-0.25, -0.2) is 0 Å². The first-order valence-electron chi connectivity index (χ1n) is 5.08. The monoisotopic (exact) mass is 236 g/mol. The lowest BCUT2D eigenvalue weighted by molar-refractivity contribution is -0.125. The fourth-order valence-corrected chi connectivity index (χ4v) is 1.59. The lowest BCUT2D eigenvalue weighted by Crippen LogP contribution is -2.44. The molecule has 2 N–H and O–H groups in total. The van der Waals surface area contributed by atoms with Crippen LogP contribution < -0.4 is 15.0 Å². The number of rotatable bonds is 2. The van der Waals surface area contributed by atoms with Gasteiger partial charge >= 0.3 is 0 Å². The number of hydrogen-bond donors (Lipinski definition) is 2. The van der Waals surface area contributed by atoms with Crippen LogP contribution in [0.5, 0.6) is 11.5 Å². The van der Waals surface area contributed by atoms with Gasteiger partial charge < -0.3 is 15.2 Å². The van der Waals surface area contributed by atoms with Crippen LogP contribution in [-0.4, -0.2) is 37.1 Å². The quantitative estimate of drug-likeness (QED) is 0.749. The van der Waals surface area contributed by atoms with E-state index >= 15 is 0 Å². The van der Waals surface area contributed by atoms with E-state index in [2.05, 4.69) is 5.32 Å². The summed E-state index contributed by atoms with van der Waals surface area (Å²) in [6.45, 7) is -0.191. The number of fused-ring (bicyclic) bond motifs is 1. The number of anilines is 1. The molecule has 1 heterocycles. The van der Waals surface area contributed by atoms with Crippen LogP contribution in [0, 0.1) is 0 Å². The SMILES string of the molecule is CNC(=O)CN1C(=O)COc2ccc(O)cc21. The Hall–Kier alpha value is -2.24. The van der Waals surface area contributed by atoms with Crippen molar-refractivity contribution in [3.05, 3.63) is 18.2 Å². The first-order valence-corrected chi connectivity index (χ1v) is 5.08. The molecule has 17 heavy (non-hydrogen) atoms. The van der Waals surface area contributed by atoms with Crippen molar-refractivity contribution in [1.29, 1.82) is 0 Å². The molecule has 0 bridgehead atoms. The highest BCUT2D eigenvalue weighted by Crippen LogP contribution is 2.34. The number of phenols is 1. The van der Waals surface area contributed by atoms with Gasteiger partial charge in [0.15, 0.2) is 6.61 Å². The number of likely N-dealkylation sites (N-methyl/N-ethyl adjacent to an activating group) is 1. The Morgan fingerprint density at radius 2 is 2.35 bits per heavy atom. The summed E-state index contributed by atoms with van der Waals surface area (Å²) >= 11 is 0. The van der Waals surface area contributed by atoms with Crippen molar-refractivity contribution in [2.45, 2.75) is 0 Å². The van der Waals surface area contributed by atoms with Gasteiger partial charge in [-0.05, 0) is 12.1 Å². The second-order valence-corrected chi connectivity index (χ2v) is 3.59. The molecular formula is C11H12N2O4. The fourth-order valence-electron chi connectivity index (χ4n) is 1.59. The highest BCUT2D eigenvalue weighted by Gasteiger charge is 2.27. The number of carbonyl (C=O) groups excluding carboxylic acids is 2. The lowest BCUT2D eigenvalue weighted by Gasteiger charge is -2.28. The van der Waals surface area contributed by atoms with Gasteiger partial charge in [-0.3, -0.25) is 14.5 Å². The minimum atomic E-state index is -0.313. The Morgan fingerprint density at radius 1 is 1.59 bits per heavy atom. The standard InChI is InChI=1S/C11H12N2O4/c1-12-10(15)5-13-8-4-7(14)2-3-9(8)17-6-11(13)16/h2-4,14H,5-6H2,1H3,(H,12,15). The molecular weight excluding hydrogens is 224 g/mol. The minimum absolute atomic E-state index is 0.0176. The number of benzene rings is 1. The van der Waals surface area contributed by atoms with Crippen LogP contribution in [0.4, 0.5) is 5.69 Å². The summed E-state index contributed by atoms with van der Waals surface area (Å²) in [5, 5.41) is 11.8. The molecule has 1 aromatic carbocycles. The number of nitrogens with one attached hydrogen (secondary N) is 1. The molecule has 0 saturated heterocycles. The van der Waals surface area contributed by atoms with E-state index in [-0.39, 0.29) is 30.7 Å². The van der Waals surface area contributed by atoms with Crippen LogP contribution in [0.15, 0.2) is 18.2 Å². The first kappa shape index (κ1) is 11.3. The first-order chi connectivity index (χ1) is 8.11. The van der Waals surface area contributed by atoms with Gasteiger partial charge in [0.1, 0.15) is 18.0 Å². The predicted molar refractivity (Wildman–Crippen MR) is 60.0 cm³/mol. The third-order valence-electron chi connectivity index (χ3n) is 2.47. The third-order valence-corrected chi connectivity index (χ3v) is 2.47. The molecule has 6 heteroatoms. The molecule has 90 valence electrons. The van der Waals surface area contributed by atoms with Gasteiger partial charge in [0.25, 0.3) is 5.91 Å². The molecule has 0 saturated carbocycles. The van der Waals surface area contributed by atoms with Crippen molar-refractivity contribution >= 4 is 17.5 Å². The van der Waals surface area contributed by atoms with E-state index in [9.17, 15) is 14.7 Å². The third kappa shape index (κ3) is 2.15. The van der Waals surface area contributed by atoms with Gasteiger partial charge in [0.2, 0.25) is 5.91 Å². The summed E-state index contributed by atoms with van der Waals surface area (Å²) in [4.78, 5) is 24.3. The summed E-state index contributed by atoms with van der Waals surface area (Å²) in [5.41, 5.74) is 0.407. The van der Waals surface area contributed by atoms with E-state index in [0.717, 1.165) is 0 Å². The maximum atomic E-state index is 11.7. The summed E-state index contributed by atoms with van der Waals surface area (Å²) in [5.74, 6) is -0.100. The number of amides is 2. The number of ether oxygens (including phenoxy) is 1. The Labute approximate surface area is 97.8 Å². The molecule has 0 atom stereocenters. The van der Waals surface area contributed by atoms with Crippen LogP contribution >= 0.6 is 0 Å². The van der Waals surface area contributed by atoms with E-state index in [4.69, 9.17) is 4.74 Å². The zero-order valence-electron chi connectivity index (χ0n) is 9.27. The minimum Gasteiger partial charge on any atom is -0.508 e. The fraction of sp³-hybridized carbons (Fsp3) is 0.273. The maximum Gasteiger partial charge on any atom is 0.265 e. The summed E-state index contributed by atoms with van der Waals surface area (Å²) in [6.07, 6.45) is 0. The molecule has 1 aliphatic rings. The number of phenolic OH excluding ortho intramolecular Hbond substituents is 1. The van der Waals surface area contributed by atoms with Crippen molar-refractivity contribution < 1.29 is 19.4 Å². The maximum absolute atomic E-state index is 11.7. The van der Waals surface area contributed by atoms with Crippen LogP contribution in [0.3, 0.4) is 0 Å². The molecule has 1 aromatic rings. The van der Waals surface area contributed by atoms with Crippen LogP contribution in [0.2, 0.25) is 0 Å². The van der Waals surface area contributed by atoms with E-state index < -0.39 is 0 Å². The molecule has 2 rings (SSSR count). The molecule has 0 aliphatic carbocycles. The molecule has 1 aliphatic heterocycles. The molecule has 0 spiro atoms. The second-order valence-electron chi connectivity index (χ2n) is 3.59. The van der Waals surface area contributed by atoms with Crippen molar-refractivity contribution in [2.24, 2.45) is 0 Å². The van der Waals surface area contributed by atoms with Gasteiger partial charge in [-0.1, -0.05) is 0 Å². The molecule has 0 unspecified atom stereocenters. The Kier molecular flexibility index (Phi) is 2.86. The normalized spacial score (nSPS) is 13.9. The Morgan fingerprint density at radius 3 is 3.06 bits per heavy atom. The molecule has 0 aromatic heterocycles. The highest BCUT2D eigenvalue weighted by atomic mass is 16.5. The van der Waals surface area contributed by atoms with E-state index in [1.807, 2.05) is 0 Å². The largest absolute Gasteiger partial charge is 0.508 e. The number of hydrogen-bond acceptors (Lipinski definition) is 4. The number of carbonyl (C=O) groups is 2. The smallest absolute Gasteiger partial charge is 0.265 e. The van der Waals surface area contributed by atoms with E-state index in [1.165, 1.54) is 24.1 Å². The zero-order valence-corrected chi connectivity index (χ0v) is 9.27. The average Bonchev–Trinajstić information content (AvgIpc) is 2.32. The lowest BCUT2D eigenvalue weighted by atomic mass is 10.2. The van der Waals surface area contributed by atoms with Crippen LogP contribution in [-0.2, 0) is 9.59 Å². The zero-order chi connectivity index (χ0) is 12.4. The highest BCUT2D eigenvalue weighted by molar-refractivity contribution is 6.02. The number of aromatic hydroxyl groups is 1. The number of nitrogens with zero attached hydrogens (tertiary/aromatic N) is 1. The summed E-state index contributed by atoms with van der Waals surface area (Å²) < 4.78 is 5.20. The van der Waals surface area contributed by atoms with E-state index in [1.54, 1.807) is 6.07 Å². The molecule has 6 nitrogen and oxygen atoms in total. The predicted octanol–water partition coefficient (Wildman–Crippen LogP) is -0.136. The topological polar surface area (TPSA) is 78.9 Å². The summed E-state index contributed by atoms with van der Waals surface area (Å²) in [7, 11) is 1.50.